The van der Waals surface area contributed by atoms with Gasteiger partial charge in [0, 0.05) is 23.0 Å². The molecule has 0 saturated carbocycles. The van der Waals surface area contributed by atoms with Gasteiger partial charge in [-0.15, -0.1) is 0 Å². The van der Waals surface area contributed by atoms with Crippen LogP contribution in [-0.2, 0) is 0 Å². The minimum absolute atomic E-state index is 0.0622. The molecule has 1 heterocycles. The summed E-state index contributed by atoms with van der Waals surface area (Å²) in [7, 11) is 0. The van der Waals surface area contributed by atoms with Crippen LogP contribution in [0.15, 0.2) is 54.7 Å². The van der Waals surface area contributed by atoms with Crippen LogP contribution < -0.4 is 10.6 Å². The molecular weight excluding hydrogens is 371 g/mol. The predicted molar refractivity (Wildman–Crippen MR) is 98.2 cm³/mol. The summed E-state index contributed by atoms with van der Waals surface area (Å²) in [5, 5.41) is 5.16. The van der Waals surface area contributed by atoms with Crippen molar-refractivity contribution in [2.45, 2.75) is 6.92 Å². The van der Waals surface area contributed by atoms with E-state index in [2.05, 4.69) is 15.6 Å². The van der Waals surface area contributed by atoms with Crippen molar-refractivity contribution in [2.24, 2.45) is 0 Å². The molecular formula is C20H14F3N3O2. The van der Waals surface area contributed by atoms with Crippen molar-refractivity contribution in [1.82, 2.24) is 4.98 Å². The molecule has 0 aliphatic carbocycles. The number of benzene rings is 2. The summed E-state index contributed by atoms with van der Waals surface area (Å²) in [6, 6.07) is 11.1. The highest BCUT2D eigenvalue weighted by atomic mass is 19.2. The number of carbonyl (C=O) groups is 2. The average Bonchev–Trinajstić information content (AvgIpc) is 2.69. The van der Waals surface area contributed by atoms with Crippen molar-refractivity contribution in [2.75, 3.05) is 10.6 Å². The monoisotopic (exact) mass is 385 g/mol. The Balaban J connectivity index is 1.76. The molecule has 0 aliphatic rings. The average molecular weight is 385 g/mol. The van der Waals surface area contributed by atoms with Crippen molar-refractivity contribution >= 4 is 28.9 Å². The minimum atomic E-state index is -1.66. The zero-order chi connectivity index (χ0) is 20.3. The lowest BCUT2D eigenvalue weighted by molar-refractivity contribution is 0.101. The maximum absolute atomic E-state index is 13.7. The van der Waals surface area contributed by atoms with Gasteiger partial charge in [0.25, 0.3) is 5.91 Å². The van der Waals surface area contributed by atoms with Gasteiger partial charge in [-0.1, -0.05) is 0 Å². The van der Waals surface area contributed by atoms with Crippen molar-refractivity contribution in [3.63, 3.8) is 0 Å². The Labute approximate surface area is 158 Å². The largest absolute Gasteiger partial charge is 0.340 e. The van der Waals surface area contributed by atoms with Crippen molar-refractivity contribution < 1.29 is 22.8 Å². The number of ketones is 1. The summed E-state index contributed by atoms with van der Waals surface area (Å²) in [6.07, 6.45) is 1.36. The Hall–Kier alpha value is -3.68. The number of halogens is 3. The van der Waals surface area contributed by atoms with E-state index in [4.69, 9.17) is 0 Å². The van der Waals surface area contributed by atoms with E-state index in [-0.39, 0.29) is 11.3 Å². The predicted octanol–water partition coefficient (Wildman–Crippen LogP) is 4.70. The molecule has 0 bridgehead atoms. The number of Topliss-reactive ketones (excluding diaryl/α,β-unsaturated/α-hetero) is 1. The first-order valence-corrected chi connectivity index (χ1v) is 8.14. The molecule has 0 unspecified atom stereocenters. The van der Waals surface area contributed by atoms with Gasteiger partial charge in [-0.25, -0.2) is 18.2 Å². The van der Waals surface area contributed by atoms with Gasteiger partial charge in [0.1, 0.15) is 5.82 Å². The number of amides is 1. The van der Waals surface area contributed by atoms with Gasteiger partial charge in [0.15, 0.2) is 23.2 Å². The van der Waals surface area contributed by atoms with Crippen LogP contribution in [0, 0.1) is 17.5 Å². The van der Waals surface area contributed by atoms with Crippen LogP contribution in [0.3, 0.4) is 0 Å². The van der Waals surface area contributed by atoms with Gasteiger partial charge in [0.2, 0.25) is 0 Å². The number of aromatic nitrogens is 1. The first-order valence-electron chi connectivity index (χ1n) is 8.14. The summed E-state index contributed by atoms with van der Waals surface area (Å²) < 4.78 is 40.0. The van der Waals surface area contributed by atoms with Crippen LogP contribution in [0.4, 0.5) is 30.4 Å². The fourth-order valence-corrected chi connectivity index (χ4v) is 2.39. The van der Waals surface area contributed by atoms with E-state index in [1.807, 2.05) is 0 Å². The second-order valence-electron chi connectivity index (χ2n) is 5.87. The summed E-state index contributed by atoms with van der Waals surface area (Å²) in [4.78, 5) is 27.7. The van der Waals surface area contributed by atoms with Crippen LogP contribution in [-0.4, -0.2) is 16.7 Å². The molecule has 3 aromatic rings. The lowest BCUT2D eigenvalue weighted by atomic mass is 10.1. The Morgan fingerprint density at radius 3 is 2.29 bits per heavy atom. The molecule has 0 spiro atoms. The van der Waals surface area contributed by atoms with E-state index in [9.17, 15) is 22.8 Å². The van der Waals surface area contributed by atoms with Crippen LogP contribution in [0.2, 0.25) is 0 Å². The quantitative estimate of drug-likeness (QED) is 0.493. The summed E-state index contributed by atoms with van der Waals surface area (Å²) in [5.41, 5.74) is 0.846. The number of hydrogen-bond donors (Lipinski definition) is 2. The first-order chi connectivity index (χ1) is 13.3. The van der Waals surface area contributed by atoms with E-state index < -0.39 is 29.0 Å². The lowest BCUT2D eigenvalue weighted by Gasteiger charge is -2.10. The number of carbonyl (C=O) groups excluding carboxylic acids is 2. The Bertz CT molecular complexity index is 1050. The summed E-state index contributed by atoms with van der Waals surface area (Å²) in [6.45, 7) is 1.46. The zero-order valence-electron chi connectivity index (χ0n) is 14.6. The second-order valence-corrected chi connectivity index (χ2v) is 5.87. The van der Waals surface area contributed by atoms with Gasteiger partial charge in [-0.2, -0.15) is 0 Å². The molecule has 5 nitrogen and oxygen atoms in total. The lowest BCUT2D eigenvalue weighted by Crippen LogP contribution is -2.14. The fraction of sp³-hybridized carbons (Fsp3) is 0.0500. The van der Waals surface area contributed by atoms with E-state index >= 15 is 0 Å². The number of pyridine rings is 1. The summed E-state index contributed by atoms with van der Waals surface area (Å²) >= 11 is 0. The van der Waals surface area contributed by atoms with Crippen molar-refractivity contribution in [3.05, 3.63) is 83.3 Å². The minimum Gasteiger partial charge on any atom is -0.340 e. The smallest absolute Gasteiger partial charge is 0.255 e. The number of anilines is 3. The molecule has 28 heavy (non-hydrogen) atoms. The van der Waals surface area contributed by atoms with Crippen molar-refractivity contribution in [3.8, 4) is 0 Å². The van der Waals surface area contributed by atoms with E-state index in [1.165, 1.54) is 25.3 Å². The first kappa shape index (κ1) is 19.1. The molecule has 2 aromatic carbocycles. The highest BCUT2D eigenvalue weighted by Crippen LogP contribution is 2.21. The Kier molecular flexibility index (Phi) is 5.39. The molecule has 0 fully saturated rings. The van der Waals surface area contributed by atoms with Gasteiger partial charge >= 0.3 is 0 Å². The van der Waals surface area contributed by atoms with Gasteiger partial charge in [-0.3, -0.25) is 9.59 Å². The molecule has 142 valence electrons. The molecule has 0 aliphatic heterocycles. The number of rotatable bonds is 5. The molecule has 0 radical (unpaired) electrons. The molecule has 0 atom stereocenters. The third-order valence-corrected chi connectivity index (χ3v) is 3.87. The molecule has 0 saturated heterocycles. The summed E-state index contributed by atoms with van der Waals surface area (Å²) in [5.74, 6) is -4.94. The van der Waals surface area contributed by atoms with Crippen LogP contribution in [0.25, 0.3) is 0 Å². The highest BCUT2D eigenvalue weighted by Gasteiger charge is 2.16. The number of nitrogens with zero attached hydrogens (tertiary/aromatic N) is 1. The molecule has 1 amide bonds. The molecule has 3 rings (SSSR count). The third kappa shape index (κ3) is 4.17. The van der Waals surface area contributed by atoms with Gasteiger partial charge in [0.05, 0.1) is 5.69 Å². The SMILES string of the molecule is CC(=O)c1ccc(Nc2cc(C(=O)Nc3ccc(F)c(F)c3F)ccn2)cc1. The van der Waals surface area contributed by atoms with E-state index in [0.717, 1.165) is 12.1 Å². The van der Waals surface area contributed by atoms with Crippen molar-refractivity contribution in [1.29, 1.82) is 0 Å². The second kappa shape index (κ2) is 7.91. The van der Waals surface area contributed by atoms with Gasteiger partial charge < -0.3 is 10.6 Å². The van der Waals surface area contributed by atoms with Crippen LogP contribution in [0.5, 0.6) is 0 Å². The normalized spacial score (nSPS) is 10.4. The molecule has 1 aromatic heterocycles. The topological polar surface area (TPSA) is 71.1 Å². The fourth-order valence-electron chi connectivity index (χ4n) is 2.39. The Morgan fingerprint density at radius 1 is 0.893 bits per heavy atom. The Morgan fingerprint density at radius 2 is 1.61 bits per heavy atom. The van der Waals surface area contributed by atoms with Crippen LogP contribution in [0.1, 0.15) is 27.6 Å². The maximum atomic E-state index is 13.7. The highest BCUT2D eigenvalue weighted by molar-refractivity contribution is 6.04. The zero-order valence-corrected chi connectivity index (χ0v) is 14.6. The standard InChI is InChI=1S/C20H14F3N3O2/c1-11(27)12-2-4-14(5-3-12)25-17-10-13(8-9-24-17)20(28)26-16-7-6-15(21)18(22)19(16)23/h2-10H,1H3,(H,24,25)(H,26,28). The van der Waals surface area contributed by atoms with E-state index in [0.29, 0.717) is 17.1 Å². The van der Waals surface area contributed by atoms with E-state index in [1.54, 1.807) is 24.3 Å². The number of nitrogens with one attached hydrogen (secondary N) is 2. The van der Waals surface area contributed by atoms with Gasteiger partial charge in [-0.05, 0) is 55.5 Å². The molecule has 2 N–H and O–H groups in total. The maximum Gasteiger partial charge on any atom is 0.255 e. The number of hydrogen-bond acceptors (Lipinski definition) is 4. The third-order valence-electron chi connectivity index (χ3n) is 3.87. The van der Waals surface area contributed by atoms with Crippen LogP contribution >= 0.6 is 0 Å². The molecule has 8 heteroatoms.